The number of likely N-dealkylation sites (tertiary alicyclic amines) is 1. The van der Waals surface area contributed by atoms with Crippen molar-refractivity contribution in [3.63, 3.8) is 0 Å². The summed E-state index contributed by atoms with van der Waals surface area (Å²) in [6, 6.07) is 19.5. The molecule has 1 aliphatic rings. The van der Waals surface area contributed by atoms with Crippen molar-refractivity contribution >= 4 is 11.6 Å². The number of halogens is 3. The van der Waals surface area contributed by atoms with E-state index in [-0.39, 0.29) is 5.56 Å². The Morgan fingerprint density at radius 2 is 1.73 bits per heavy atom. The van der Waals surface area contributed by atoms with E-state index in [0.29, 0.717) is 22.7 Å². The van der Waals surface area contributed by atoms with Crippen molar-refractivity contribution in [2.45, 2.75) is 38.6 Å². The van der Waals surface area contributed by atoms with Crippen LogP contribution >= 0.6 is 0 Å². The lowest BCUT2D eigenvalue weighted by atomic mass is 9.92. The second-order valence-electron chi connectivity index (χ2n) is 9.86. The molecule has 0 unspecified atom stereocenters. The normalized spacial score (nSPS) is 14.6. The minimum Gasteiger partial charge on any atom is -0.405 e. The van der Waals surface area contributed by atoms with Crippen LogP contribution in [-0.4, -0.2) is 40.2 Å². The molecule has 0 bridgehead atoms. The number of piperidine rings is 1. The molecule has 5 rings (SSSR count). The zero-order chi connectivity index (χ0) is 28.1. The van der Waals surface area contributed by atoms with Crippen LogP contribution in [-0.2, 0) is 6.54 Å². The Kier molecular flexibility index (Phi) is 8.11. The maximum absolute atomic E-state index is 13.3. The summed E-state index contributed by atoms with van der Waals surface area (Å²) in [5, 5.41) is 2.71. The molecule has 206 valence electrons. The van der Waals surface area contributed by atoms with Gasteiger partial charge in [0, 0.05) is 30.6 Å². The van der Waals surface area contributed by atoms with Gasteiger partial charge < -0.3 is 10.1 Å². The van der Waals surface area contributed by atoms with Crippen molar-refractivity contribution in [3.8, 4) is 16.9 Å². The number of amides is 1. The quantitative estimate of drug-likeness (QED) is 0.271. The number of alkyl halides is 3. The molecule has 6 nitrogen and oxygen atoms in total. The lowest BCUT2D eigenvalue weighted by Gasteiger charge is -2.31. The van der Waals surface area contributed by atoms with E-state index in [1.54, 1.807) is 31.6 Å². The number of nitrogens with one attached hydrogen (secondary N) is 1. The summed E-state index contributed by atoms with van der Waals surface area (Å²) in [6.45, 7) is 4.40. The van der Waals surface area contributed by atoms with Gasteiger partial charge in [-0.1, -0.05) is 36.4 Å². The Morgan fingerprint density at radius 3 is 2.38 bits per heavy atom. The maximum Gasteiger partial charge on any atom is 0.573 e. The van der Waals surface area contributed by atoms with E-state index in [4.69, 9.17) is 0 Å². The van der Waals surface area contributed by atoms with Gasteiger partial charge in [-0.15, -0.1) is 13.2 Å². The highest BCUT2D eigenvalue weighted by Gasteiger charge is 2.34. The summed E-state index contributed by atoms with van der Waals surface area (Å²) >= 11 is 0. The van der Waals surface area contributed by atoms with E-state index >= 15 is 0 Å². The predicted molar refractivity (Wildman–Crippen MR) is 147 cm³/mol. The van der Waals surface area contributed by atoms with E-state index in [1.807, 2.05) is 48.5 Å². The van der Waals surface area contributed by atoms with Crippen LogP contribution in [0.5, 0.6) is 5.75 Å². The smallest absolute Gasteiger partial charge is 0.405 e. The molecule has 9 heteroatoms. The number of aromatic nitrogens is 2. The second kappa shape index (κ2) is 11.9. The first-order chi connectivity index (χ1) is 19.3. The highest BCUT2D eigenvalue weighted by Crippen LogP contribution is 2.35. The molecular formula is C31H29F3N4O2. The van der Waals surface area contributed by atoms with E-state index in [0.717, 1.165) is 43.7 Å². The van der Waals surface area contributed by atoms with Crippen molar-refractivity contribution in [3.05, 3.63) is 108 Å². The number of hydrogen-bond acceptors (Lipinski definition) is 5. The number of rotatable bonds is 7. The zero-order valence-electron chi connectivity index (χ0n) is 22.0. The summed E-state index contributed by atoms with van der Waals surface area (Å²) in [5.74, 6) is -0.950. The minimum atomic E-state index is -4.94. The Morgan fingerprint density at radius 1 is 1.00 bits per heavy atom. The molecule has 1 saturated heterocycles. The van der Waals surface area contributed by atoms with Crippen LogP contribution < -0.4 is 10.1 Å². The molecule has 3 heterocycles. The van der Waals surface area contributed by atoms with Crippen LogP contribution in [0, 0.1) is 6.92 Å². The van der Waals surface area contributed by atoms with E-state index in [2.05, 4.69) is 24.9 Å². The number of anilines is 1. The topological polar surface area (TPSA) is 67.3 Å². The molecule has 0 saturated carbocycles. The van der Waals surface area contributed by atoms with Crippen molar-refractivity contribution < 1.29 is 22.7 Å². The summed E-state index contributed by atoms with van der Waals surface area (Å²) in [7, 11) is 0. The van der Waals surface area contributed by atoms with Crippen molar-refractivity contribution in [1.29, 1.82) is 0 Å². The average Bonchev–Trinajstić information content (AvgIpc) is 2.94. The predicted octanol–water partition coefficient (Wildman–Crippen LogP) is 6.98. The number of ether oxygens (including phenoxy) is 1. The average molecular weight is 547 g/mol. The van der Waals surface area contributed by atoms with Gasteiger partial charge in [0.25, 0.3) is 5.91 Å². The maximum atomic E-state index is 13.3. The van der Waals surface area contributed by atoms with Crippen LogP contribution in [0.4, 0.5) is 18.9 Å². The fourth-order valence-corrected chi connectivity index (χ4v) is 5.16. The van der Waals surface area contributed by atoms with E-state index in [9.17, 15) is 18.0 Å². The van der Waals surface area contributed by atoms with Crippen molar-refractivity contribution in [1.82, 2.24) is 14.9 Å². The number of hydrogen-bond donors (Lipinski definition) is 1. The molecule has 0 spiro atoms. The van der Waals surface area contributed by atoms with Gasteiger partial charge in [-0.3, -0.25) is 19.7 Å². The van der Waals surface area contributed by atoms with Crippen LogP contribution in [0.3, 0.4) is 0 Å². The number of benzene rings is 2. The monoisotopic (exact) mass is 546 g/mol. The molecule has 0 radical (unpaired) electrons. The van der Waals surface area contributed by atoms with E-state index in [1.165, 1.54) is 17.7 Å². The first kappa shape index (κ1) is 27.3. The molecule has 0 aliphatic carbocycles. The molecule has 1 N–H and O–H groups in total. The van der Waals surface area contributed by atoms with Crippen LogP contribution in [0.1, 0.15) is 45.9 Å². The number of carbonyl (C=O) groups excluding carboxylic acids is 1. The first-order valence-electron chi connectivity index (χ1n) is 13.1. The third-order valence-electron chi connectivity index (χ3n) is 7.17. The third kappa shape index (κ3) is 6.66. The Bertz CT molecular complexity index is 1440. The van der Waals surface area contributed by atoms with Gasteiger partial charge in [0.15, 0.2) is 0 Å². The SMILES string of the molecule is Cc1c(-c2ccccc2)ccc(OC(F)(F)F)c1C(=O)Nc1ccc(C2CCN(Cc3ccncc3)CC2)nc1. The van der Waals surface area contributed by atoms with Crippen LogP contribution in [0.15, 0.2) is 85.3 Å². The van der Waals surface area contributed by atoms with Gasteiger partial charge in [0.2, 0.25) is 0 Å². The molecule has 2 aromatic carbocycles. The fourth-order valence-electron chi connectivity index (χ4n) is 5.16. The van der Waals surface area contributed by atoms with Gasteiger partial charge in [-0.25, -0.2) is 0 Å². The van der Waals surface area contributed by atoms with E-state index < -0.39 is 18.0 Å². The molecule has 1 fully saturated rings. The fraction of sp³-hybridized carbons (Fsp3) is 0.258. The number of carbonyl (C=O) groups is 1. The van der Waals surface area contributed by atoms with Gasteiger partial charge in [0.1, 0.15) is 5.75 Å². The number of pyridine rings is 2. The van der Waals surface area contributed by atoms with Gasteiger partial charge in [0.05, 0.1) is 17.4 Å². The Balaban J connectivity index is 1.29. The molecule has 40 heavy (non-hydrogen) atoms. The highest BCUT2D eigenvalue weighted by molar-refractivity contribution is 6.08. The van der Waals surface area contributed by atoms with Gasteiger partial charge >= 0.3 is 6.36 Å². The van der Waals surface area contributed by atoms with Crippen molar-refractivity contribution in [2.75, 3.05) is 18.4 Å². The minimum absolute atomic E-state index is 0.177. The summed E-state index contributed by atoms with van der Waals surface area (Å²) in [6.07, 6.45) is 2.15. The highest BCUT2D eigenvalue weighted by atomic mass is 19.4. The molecule has 4 aromatic rings. The lowest BCUT2D eigenvalue weighted by Crippen LogP contribution is -2.32. The first-order valence-corrected chi connectivity index (χ1v) is 13.1. The summed E-state index contributed by atoms with van der Waals surface area (Å²) < 4.78 is 43.7. The van der Waals surface area contributed by atoms with Gasteiger partial charge in [-0.2, -0.15) is 0 Å². The molecule has 1 amide bonds. The van der Waals surface area contributed by atoms with Gasteiger partial charge in [-0.05, 0) is 85.4 Å². The number of nitrogens with zero attached hydrogens (tertiary/aromatic N) is 3. The van der Waals surface area contributed by atoms with Crippen LogP contribution in [0.2, 0.25) is 0 Å². The summed E-state index contributed by atoms with van der Waals surface area (Å²) in [4.78, 5) is 24.4. The third-order valence-corrected chi connectivity index (χ3v) is 7.17. The van der Waals surface area contributed by atoms with Crippen LogP contribution in [0.25, 0.3) is 11.1 Å². The molecule has 2 aromatic heterocycles. The lowest BCUT2D eigenvalue weighted by molar-refractivity contribution is -0.274. The Hall–Kier alpha value is -4.24. The second-order valence-corrected chi connectivity index (χ2v) is 9.86. The summed E-state index contributed by atoms with van der Waals surface area (Å²) in [5.41, 5.74) is 4.20. The standard InChI is InChI=1S/C31H29F3N4O2/c1-21-26(23-5-3-2-4-6-23)8-10-28(40-31(32,33)34)29(21)30(39)37-25-7-9-27(36-19-25)24-13-17-38(18-14-24)20-22-11-15-35-16-12-22/h2-12,15-16,19,24H,13-14,17-18,20H2,1H3,(H,37,39). The molecular weight excluding hydrogens is 517 g/mol. The zero-order valence-corrected chi connectivity index (χ0v) is 22.0. The molecule has 0 atom stereocenters. The molecule has 1 aliphatic heterocycles. The largest absolute Gasteiger partial charge is 0.573 e. The van der Waals surface area contributed by atoms with Crippen molar-refractivity contribution in [2.24, 2.45) is 0 Å². The Labute approximate surface area is 230 Å².